The van der Waals surface area contributed by atoms with Crippen LogP contribution in [-0.2, 0) is 9.53 Å². The summed E-state index contributed by atoms with van der Waals surface area (Å²) in [5.74, 6) is 2.33. The lowest BCUT2D eigenvalue weighted by atomic mass is 10.3. The Bertz CT molecular complexity index is 158. The second-order valence-electron chi connectivity index (χ2n) is 2.94. The Morgan fingerprint density at radius 1 is 1.46 bits per heavy atom. The number of thioether (sulfide) groups is 1. The smallest absolute Gasteiger partial charge is 0.223 e. The summed E-state index contributed by atoms with van der Waals surface area (Å²) in [7, 11) is 0. The Hall–Kier alpha value is -0.220. The van der Waals surface area contributed by atoms with E-state index in [0.717, 1.165) is 24.6 Å². The van der Waals surface area contributed by atoms with Crippen LogP contribution in [0.3, 0.4) is 0 Å². The summed E-state index contributed by atoms with van der Waals surface area (Å²) in [6.07, 6.45) is 0.679. The lowest BCUT2D eigenvalue weighted by molar-refractivity contribution is -0.134. The molecule has 3 nitrogen and oxygen atoms in total. The fourth-order valence-electron chi connectivity index (χ4n) is 1.27. The van der Waals surface area contributed by atoms with E-state index in [0.29, 0.717) is 19.6 Å². The van der Waals surface area contributed by atoms with Gasteiger partial charge >= 0.3 is 0 Å². The Kier molecular flexibility index (Phi) is 5.23. The van der Waals surface area contributed by atoms with E-state index < -0.39 is 0 Å². The van der Waals surface area contributed by atoms with Crippen LogP contribution in [0.4, 0.5) is 0 Å². The second kappa shape index (κ2) is 6.27. The van der Waals surface area contributed by atoms with Crippen LogP contribution in [0.2, 0.25) is 0 Å². The molecule has 0 aromatic carbocycles. The molecule has 0 aromatic heterocycles. The molecule has 1 fully saturated rings. The van der Waals surface area contributed by atoms with E-state index in [-0.39, 0.29) is 5.91 Å². The maximum Gasteiger partial charge on any atom is 0.223 e. The average molecular weight is 203 g/mol. The van der Waals surface area contributed by atoms with Gasteiger partial charge in [-0.05, 0) is 5.75 Å². The monoisotopic (exact) mass is 203 g/mol. The number of hydrogen-bond acceptors (Lipinski definition) is 3. The largest absolute Gasteiger partial charge is 0.378 e. The number of nitrogens with zero attached hydrogens (tertiary/aromatic N) is 1. The molecule has 1 heterocycles. The van der Waals surface area contributed by atoms with Gasteiger partial charge in [-0.3, -0.25) is 4.79 Å². The molecule has 0 N–H and O–H groups in total. The highest BCUT2D eigenvalue weighted by Crippen LogP contribution is 2.05. The lowest BCUT2D eigenvalue weighted by Crippen LogP contribution is -2.40. The van der Waals surface area contributed by atoms with Gasteiger partial charge in [0.25, 0.3) is 0 Å². The van der Waals surface area contributed by atoms with E-state index >= 15 is 0 Å². The molecule has 0 radical (unpaired) electrons. The highest BCUT2D eigenvalue weighted by molar-refractivity contribution is 7.99. The molecule has 1 aliphatic rings. The summed E-state index contributed by atoms with van der Waals surface area (Å²) in [6, 6.07) is 0. The van der Waals surface area contributed by atoms with Crippen LogP contribution in [0.15, 0.2) is 0 Å². The molecule has 0 aromatic rings. The number of rotatable bonds is 4. The van der Waals surface area contributed by atoms with Crippen molar-refractivity contribution in [3.63, 3.8) is 0 Å². The van der Waals surface area contributed by atoms with Crippen LogP contribution in [0.5, 0.6) is 0 Å². The maximum absolute atomic E-state index is 11.5. The molecular formula is C9H17NO2S. The van der Waals surface area contributed by atoms with Gasteiger partial charge in [-0.2, -0.15) is 11.8 Å². The number of morpholine rings is 1. The molecule has 13 heavy (non-hydrogen) atoms. The summed E-state index contributed by atoms with van der Waals surface area (Å²) in [6.45, 7) is 5.06. The molecule has 0 unspecified atom stereocenters. The fourth-order valence-corrected chi connectivity index (χ4v) is 1.88. The summed E-state index contributed by atoms with van der Waals surface area (Å²) in [5.41, 5.74) is 0. The molecule has 1 rings (SSSR count). The molecule has 1 aliphatic heterocycles. The van der Waals surface area contributed by atoms with Gasteiger partial charge < -0.3 is 9.64 Å². The minimum atomic E-state index is 0.282. The van der Waals surface area contributed by atoms with Crippen LogP contribution in [0.25, 0.3) is 0 Å². The van der Waals surface area contributed by atoms with Crippen molar-refractivity contribution in [1.29, 1.82) is 0 Å². The number of carbonyl (C=O) groups excluding carboxylic acids is 1. The number of amides is 1. The van der Waals surface area contributed by atoms with Crippen LogP contribution < -0.4 is 0 Å². The maximum atomic E-state index is 11.5. The third-order valence-corrected chi connectivity index (χ3v) is 2.93. The first-order valence-electron chi connectivity index (χ1n) is 4.78. The zero-order valence-electron chi connectivity index (χ0n) is 8.12. The van der Waals surface area contributed by atoms with Gasteiger partial charge in [-0.25, -0.2) is 0 Å². The molecule has 0 spiro atoms. The van der Waals surface area contributed by atoms with Gasteiger partial charge in [0.1, 0.15) is 0 Å². The molecule has 0 atom stereocenters. The van der Waals surface area contributed by atoms with Crippen molar-refractivity contribution in [1.82, 2.24) is 4.90 Å². The van der Waals surface area contributed by atoms with Gasteiger partial charge in [0.2, 0.25) is 5.91 Å². The van der Waals surface area contributed by atoms with E-state index in [4.69, 9.17) is 4.74 Å². The predicted octanol–water partition coefficient (Wildman–Crippen LogP) is 0.988. The third-order valence-electron chi connectivity index (χ3n) is 2.03. The van der Waals surface area contributed by atoms with Crippen molar-refractivity contribution in [3.05, 3.63) is 0 Å². The fraction of sp³-hybridized carbons (Fsp3) is 0.889. The van der Waals surface area contributed by atoms with Crippen molar-refractivity contribution in [2.45, 2.75) is 13.3 Å². The van der Waals surface area contributed by atoms with Crippen molar-refractivity contribution in [2.24, 2.45) is 0 Å². The second-order valence-corrected chi connectivity index (χ2v) is 4.33. The molecule has 4 heteroatoms. The SMILES string of the molecule is CCSCCC(=O)N1CCOCC1. The summed E-state index contributed by atoms with van der Waals surface area (Å²) in [5, 5.41) is 0. The average Bonchev–Trinajstić information content (AvgIpc) is 2.19. The number of hydrogen-bond donors (Lipinski definition) is 0. The van der Waals surface area contributed by atoms with Crippen molar-refractivity contribution < 1.29 is 9.53 Å². The topological polar surface area (TPSA) is 29.5 Å². The summed E-state index contributed by atoms with van der Waals surface area (Å²) < 4.78 is 5.18. The minimum absolute atomic E-state index is 0.282. The molecular weight excluding hydrogens is 186 g/mol. The Balaban J connectivity index is 2.13. The highest BCUT2D eigenvalue weighted by atomic mass is 32.2. The Morgan fingerprint density at radius 2 is 2.15 bits per heavy atom. The quantitative estimate of drug-likeness (QED) is 0.638. The molecule has 0 aliphatic carbocycles. The normalized spacial score (nSPS) is 17.5. The van der Waals surface area contributed by atoms with Crippen LogP contribution in [-0.4, -0.2) is 48.6 Å². The third kappa shape index (κ3) is 4.00. The number of carbonyl (C=O) groups is 1. The van der Waals surface area contributed by atoms with Gasteiger partial charge in [0.15, 0.2) is 0 Å². The first-order chi connectivity index (χ1) is 6.34. The standard InChI is InChI=1S/C9H17NO2S/c1-2-13-8-3-9(11)10-4-6-12-7-5-10/h2-8H2,1H3. The molecule has 0 bridgehead atoms. The number of ether oxygens (including phenoxy) is 1. The molecule has 1 amide bonds. The van der Waals surface area contributed by atoms with Crippen LogP contribution in [0.1, 0.15) is 13.3 Å². The van der Waals surface area contributed by atoms with Gasteiger partial charge in [0.05, 0.1) is 13.2 Å². The lowest BCUT2D eigenvalue weighted by Gasteiger charge is -2.26. The van der Waals surface area contributed by atoms with Gasteiger partial charge in [0, 0.05) is 25.3 Å². The van der Waals surface area contributed by atoms with Crippen molar-refractivity contribution in [2.75, 3.05) is 37.8 Å². The highest BCUT2D eigenvalue weighted by Gasteiger charge is 2.15. The zero-order chi connectivity index (χ0) is 9.52. The molecule has 76 valence electrons. The van der Waals surface area contributed by atoms with Gasteiger partial charge in [-0.1, -0.05) is 6.92 Å². The van der Waals surface area contributed by atoms with E-state index in [1.807, 2.05) is 16.7 Å². The van der Waals surface area contributed by atoms with E-state index in [1.54, 1.807) is 0 Å². The van der Waals surface area contributed by atoms with Crippen molar-refractivity contribution >= 4 is 17.7 Å². The summed E-state index contributed by atoms with van der Waals surface area (Å²) in [4.78, 5) is 13.4. The molecule has 0 saturated carbocycles. The van der Waals surface area contributed by atoms with Crippen LogP contribution in [0, 0.1) is 0 Å². The first kappa shape index (κ1) is 10.9. The predicted molar refractivity (Wildman–Crippen MR) is 55.0 cm³/mol. The van der Waals surface area contributed by atoms with E-state index in [9.17, 15) is 4.79 Å². The first-order valence-corrected chi connectivity index (χ1v) is 5.93. The molecule has 1 saturated heterocycles. The van der Waals surface area contributed by atoms with E-state index in [1.165, 1.54) is 0 Å². The van der Waals surface area contributed by atoms with Crippen LogP contribution >= 0.6 is 11.8 Å². The van der Waals surface area contributed by atoms with Gasteiger partial charge in [-0.15, -0.1) is 0 Å². The minimum Gasteiger partial charge on any atom is -0.378 e. The van der Waals surface area contributed by atoms with E-state index in [2.05, 4.69) is 6.92 Å². The summed E-state index contributed by atoms with van der Waals surface area (Å²) >= 11 is 1.82. The Morgan fingerprint density at radius 3 is 2.77 bits per heavy atom. The zero-order valence-corrected chi connectivity index (χ0v) is 8.94. The Labute approximate surface area is 83.8 Å². The van der Waals surface area contributed by atoms with Crippen molar-refractivity contribution in [3.8, 4) is 0 Å².